The molecular formula is C14H16N4O. The number of anilines is 1. The zero-order valence-electron chi connectivity index (χ0n) is 10.8. The maximum absolute atomic E-state index is 12.2. The minimum Gasteiger partial charge on any atom is -0.348 e. The number of nitrogens with one attached hydrogen (secondary N) is 2. The molecule has 2 aromatic rings. The van der Waals surface area contributed by atoms with Gasteiger partial charge in [-0.05, 0) is 31.9 Å². The molecule has 1 amide bonds. The van der Waals surface area contributed by atoms with Crippen molar-refractivity contribution in [2.45, 2.75) is 26.2 Å². The third-order valence-electron chi connectivity index (χ3n) is 3.50. The SMILES string of the molecule is Cc1cccc(NC(=O)C2CCc3nc[nH]c3C2)n1. The van der Waals surface area contributed by atoms with E-state index in [0.29, 0.717) is 5.82 Å². The minimum atomic E-state index is -0.00439. The van der Waals surface area contributed by atoms with Crippen LogP contribution in [0, 0.1) is 12.8 Å². The number of pyridine rings is 1. The second kappa shape index (κ2) is 4.84. The number of fused-ring (bicyclic) bond motifs is 1. The predicted octanol–water partition coefficient (Wildman–Crippen LogP) is 1.86. The number of hydrogen-bond donors (Lipinski definition) is 2. The minimum absolute atomic E-state index is 0.00439. The highest BCUT2D eigenvalue weighted by Crippen LogP contribution is 2.23. The van der Waals surface area contributed by atoms with Crippen LogP contribution in [0.4, 0.5) is 5.82 Å². The van der Waals surface area contributed by atoms with E-state index in [1.165, 1.54) is 0 Å². The molecule has 0 radical (unpaired) electrons. The molecule has 0 aliphatic heterocycles. The van der Waals surface area contributed by atoms with Gasteiger partial charge in [0.2, 0.25) is 5.91 Å². The first-order valence-corrected chi connectivity index (χ1v) is 6.48. The van der Waals surface area contributed by atoms with Crippen molar-refractivity contribution >= 4 is 11.7 Å². The Kier molecular flexibility index (Phi) is 3.03. The normalized spacial score (nSPS) is 17.8. The van der Waals surface area contributed by atoms with Crippen molar-refractivity contribution in [1.82, 2.24) is 15.0 Å². The van der Waals surface area contributed by atoms with E-state index in [-0.39, 0.29) is 11.8 Å². The van der Waals surface area contributed by atoms with Crippen molar-refractivity contribution < 1.29 is 4.79 Å². The molecule has 0 saturated carbocycles. The van der Waals surface area contributed by atoms with Crippen LogP contribution in [0.15, 0.2) is 24.5 Å². The Morgan fingerprint density at radius 2 is 2.37 bits per heavy atom. The Morgan fingerprint density at radius 3 is 3.21 bits per heavy atom. The number of carbonyl (C=O) groups is 1. The van der Waals surface area contributed by atoms with Crippen LogP contribution in [-0.2, 0) is 17.6 Å². The van der Waals surface area contributed by atoms with Crippen LogP contribution in [0.3, 0.4) is 0 Å². The molecule has 19 heavy (non-hydrogen) atoms. The highest BCUT2D eigenvalue weighted by Gasteiger charge is 2.26. The van der Waals surface area contributed by atoms with E-state index in [1.54, 1.807) is 6.33 Å². The molecule has 3 rings (SSSR count). The summed E-state index contributed by atoms with van der Waals surface area (Å²) in [6, 6.07) is 5.62. The third-order valence-corrected chi connectivity index (χ3v) is 3.50. The van der Waals surface area contributed by atoms with Gasteiger partial charge in [0.15, 0.2) is 0 Å². The van der Waals surface area contributed by atoms with E-state index >= 15 is 0 Å². The topological polar surface area (TPSA) is 70.7 Å². The van der Waals surface area contributed by atoms with Crippen LogP contribution in [0.5, 0.6) is 0 Å². The van der Waals surface area contributed by atoms with Gasteiger partial charge in [-0.3, -0.25) is 4.79 Å². The van der Waals surface area contributed by atoms with Gasteiger partial charge in [0.1, 0.15) is 5.82 Å². The standard InChI is InChI=1S/C14H16N4O/c1-9-3-2-4-13(17-9)18-14(19)10-5-6-11-12(7-10)16-8-15-11/h2-4,8,10H,5-7H2,1H3,(H,15,16)(H,17,18,19). The van der Waals surface area contributed by atoms with E-state index in [1.807, 2.05) is 25.1 Å². The van der Waals surface area contributed by atoms with Crippen LogP contribution in [0.1, 0.15) is 23.5 Å². The number of rotatable bonds is 2. The number of nitrogens with zero attached hydrogens (tertiary/aromatic N) is 2. The van der Waals surface area contributed by atoms with Crippen molar-refractivity contribution in [3.05, 3.63) is 41.6 Å². The Bertz CT molecular complexity index is 605. The molecule has 2 heterocycles. The molecule has 1 aliphatic rings. The van der Waals surface area contributed by atoms with Gasteiger partial charge in [-0.25, -0.2) is 9.97 Å². The number of imidazole rings is 1. The van der Waals surface area contributed by atoms with Crippen molar-refractivity contribution in [1.29, 1.82) is 0 Å². The first-order valence-electron chi connectivity index (χ1n) is 6.48. The molecule has 0 aromatic carbocycles. The maximum atomic E-state index is 12.2. The van der Waals surface area contributed by atoms with Gasteiger partial charge in [-0.2, -0.15) is 0 Å². The van der Waals surface area contributed by atoms with Crippen LogP contribution in [0.25, 0.3) is 0 Å². The number of hydrogen-bond acceptors (Lipinski definition) is 3. The first-order chi connectivity index (χ1) is 9.22. The lowest BCUT2D eigenvalue weighted by Crippen LogP contribution is -2.28. The van der Waals surface area contributed by atoms with E-state index in [0.717, 1.165) is 36.3 Å². The summed E-state index contributed by atoms with van der Waals surface area (Å²) in [6.45, 7) is 1.91. The summed E-state index contributed by atoms with van der Waals surface area (Å²) in [6.07, 6.45) is 4.13. The average molecular weight is 256 g/mol. The summed E-state index contributed by atoms with van der Waals surface area (Å²) in [5.41, 5.74) is 3.08. The van der Waals surface area contributed by atoms with Gasteiger partial charge >= 0.3 is 0 Å². The molecule has 1 unspecified atom stereocenters. The van der Waals surface area contributed by atoms with Gasteiger partial charge in [-0.15, -0.1) is 0 Å². The number of aryl methyl sites for hydroxylation is 2. The van der Waals surface area contributed by atoms with Gasteiger partial charge in [0.05, 0.1) is 12.0 Å². The molecule has 2 aromatic heterocycles. The van der Waals surface area contributed by atoms with E-state index in [2.05, 4.69) is 20.3 Å². The summed E-state index contributed by atoms with van der Waals surface area (Å²) >= 11 is 0. The van der Waals surface area contributed by atoms with Crippen molar-refractivity contribution in [2.75, 3.05) is 5.32 Å². The lowest BCUT2D eigenvalue weighted by molar-refractivity contribution is -0.120. The lowest BCUT2D eigenvalue weighted by Gasteiger charge is -2.20. The van der Waals surface area contributed by atoms with Gasteiger partial charge in [0, 0.05) is 23.7 Å². The summed E-state index contributed by atoms with van der Waals surface area (Å²) in [5, 5.41) is 2.89. The number of H-pyrrole nitrogens is 1. The number of aromatic amines is 1. The Labute approximate surface area is 111 Å². The molecular weight excluding hydrogens is 240 g/mol. The monoisotopic (exact) mass is 256 g/mol. The summed E-state index contributed by atoms with van der Waals surface area (Å²) < 4.78 is 0. The molecule has 5 nitrogen and oxygen atoms in total. The lowest BCUT2D eigenvalue weighted by atomic mass is 9.89. The molecule has 2 N–H and O–H groups in total. The zero-order valence-corrected chi connectivity index (χ0v) is 10.8. The summed E-state index contributed by atoms with van der Waals surface area (Å²) in [5.74, 6) is 0.661. The van der Waals surface area contributed by atoms with Crippen LogP contribution in [0.2, 0.25) is 0 Å². The molecule has 0 bridgehead atoms. The van der Waals surface area contributed by atoms with Crippen LogP contribution >= 0.6 is 0 Å². The van der Waals surface area contributed by atoms with E-state index < -0.39 is 0 Å². The quantitative estimate of drug-likeness (QED) is 0.861. The number of amides is 1. The highest BCUT2D eigenvalue weighted by molar-refractivity contribution is 5.92. The number of aromatic nitrogens is 3. The molecule has 0 fully saturated rings. The Morgan fingerprint density at radius 1 is 1.47 bits per heavy atom. The van der Waals surface area contributed by atoms with Crippen LogP contribution in [-0.4, -0.2) is 20.9 Å². The summed E-state index contributed by atoms with van der Waals surface area (Å²) in [4.78, 5) is 23.9. The second-order valence-corrected chi connectivity index (χ2v) is 4.92. The largest absolute Gasteiger partial charge is 0.348 e. The van der Waals surface area contributed by atoms with Gasteiger partial charge in [0.25, 0.3) is 0 Å². The van der Waals surface area contributed by atoms with Crippen molar-refractivity contribution in [3.63, 3.8) is 0 Å². The van der Waals surface area contributed by atoms with Crippen LogP contribution < -0.4 is 5.32 Å². The van der Waals surface area contributed by atoms with Crippen molar-refractivity contribution in [3.8, 4) is 0 Å². The van der Waals surface area contributed by atoms with Gasteiger partial charge in [-0.1, -0.05) is 6.07 Å². The molecule has 1 aliphatic carbocycles. The smallest absolute Gasteiger partial charge is 0.229 e. The fourth-order valence-electron chi connectivity index (χ4n) is 2.47. The highest BCUT2D eigenvalue weighted by atomic mass is 16.1. The molecule has 1 atom stereocenters. The fraction of sp³-hybridized carbons (Fsp3) is 0.357. The first kappa shape index (κ1) is 11.9. The third kappa shape index (κ3) is 2.50. The molecule has 0 saturated heterocycles. The molecule has 5 heteroatoms. The number of carbonyl (C=O) groups excluding carboxylic acids is 1. The Hall–Kier alpha value is -2.17. The predicted molar refractivity (Wildman–Crippen MR) is 71.7 cm³/mol. The second-order valence-electron chi connectivity index (χ2n) is 4.92. The van der Waals surface area contributed by atoms with Crippen molar-refractivity contribution in [2.24, 2.45) is 5.92 Å². The molecule has 98 valence electrons. The molecule has 0 spiro atoms. The fourth-order valence-corrected chi connectivity index (χ4v) is 2.47. The van der Waals surface area contributed by atoms with E-state index in [9.17, 15) is 4.79 Å². The van der Waals surface area contributed by atoms with E-state index in [4.69, 9.17) is 0 Å². The average Bonchev–Trinajstić information content (AvgIpc) is 2.85. The maximum Gasteiger partial charge on any atom is 0.229 e. The Balaban J connectivity index is 1.69. The van der Waals surface area contributed by atoms with Gasteiger partial charge < -0.3 is 10.3 Å². The zero-order chi connectivity index (χ0) is 13.2. The summed E-state index contributed by atoms with van der Waals surface area (Å²) in [7, 11) is 0.